The Morgan fingerprint density at radius 3 is 1.79 bits per heavy atom. The van der Waals surface area contributed by atoms with Gasteiger partial charge in [0.2, 0.25) is 0 Å². The smallest absolute Gasteiger partial charge is 0.0144 e. The van der Waals surface area contributed by atoms with Crippen LogP contribution >= 0.6 is 12.4 Å². The minimum absolute atomic E-state index is 0. The molecule has 0 spiro atoms. The summed E-state index contributed by atoms with van der Waals surface area (Å²) in [6, 6.07) is 21.1. The molecule has 0 aliphatic heterocycles. The van der Waals surface area contributed by atoms with Crippen LogP contribution in [0.5, 0.6) is 0 Å². The predicted octanol–water partition coefficient (Wildman–Crippen LogP) is 4.15. The van der Waals surface area contributed by atoms with E-state index in [1.165, 1.54) is 16.7 Å². The summed E-state index contributed by atoms with van der Waals surface area (Å²) in [5.74, 6) is 0. The van der Waals surface area contributed by atoms with Crippen molar-refractivity contribution < 1.29 is 0 Å². The molecular formula is C17H20ClN. The molecule has 0 unspecified atom stereocenters. The van der Waals surface area contributed by atoms with Crippen LogP contribution in [0.4, 0.5) is 0 Å². The fraction of sp³-hybridized carbons (Fsp3) is 0.176. The minimum atomic E-state index is 0. The summed E-state index contributed by atoms with van der Waals surface area (Å²) in [4.78, 5) is 0. The molecule has 1 N–H and O–H groups in total. The van der Waals surface area contributed by atoms with Gasteiger partial charge in [0.15, 0.2) is 0 Å². The van der Waals surface area contributed by atoms with Crippen molar-refractivity contribution in [3.8, 4) is 0 Å². The van der Waals surface area contributed by atoms with E-state index in [4.69, 9.17) is 0 Å². The first-order chi connectivity index (χ1) is 8.92. The monoisotopic (exact) mass is 273 g/mol. The molecule has 0 atom stereocenters. The van der Waals surface area contributed by atoms with Crippen LogP contribution in [-0.4, -0.2) is 13.1 Å². The van der Waals surface area contributed by atoms with Crippen LogP contribution in [0, 0.1) is 0 Å². The van der Waals surface area contributed by atoms with E-state index in [0.717, 1.165) is 13.1 Å². The Kier molecular flexibility index (Phi) is 6.94. The molecule has 0 saturated heterocycles. The lowest BCUT2D eigenvalue weighted by atomic mass is 9.98. The molecule has 0 bridgehead atoms. The van der Waals surface area contributed by atoms with Crippen molar-refractivity contribution in [1.29, 1.82) is 0 Å². The lowest BCUT2D eigenvalue weighted by molar-refractivity contribution is 0.800. The molecule has 0 aliphatic carbocycles. The molecule has 0 radical (unpaired) electrons. The minimum Gasteiger partial charge on any atom is -0.314 e. The zero-order valence-electron chi connectivity index (χ0n) is 11.2. The number of halogens is 1. The van der Waals surface area contributed by atoms with E-state index in [1.54, 1.807) is 0 Å². The van der Waals surface area contributed by atoms with E-state index < -0.39 is 0 Å². The van der Waals surface area contributed by atoms with Gasteiger partial charge in [-0.3, -0.25) is 0 Å². The van der Waals surface area contributed by atoms with E-state index in [9.17, 15) is 0 Å². The molecule has 0 fully saturated rings. The standard InChI is InChI=1S/C17H19N.ClH/c1-2-18-14-13-17(15-9-5-3-6-10-15)16-11-7-4-8-12-16;/h3-13,18H,2,14H2,1H3;1H. The van der Waals surface area contributed by atoms with Crippen LogP contribution < -0.4 is 5.32 Å². The van der Waals surface area contributed by atoms with Crippen LogP contribution in [0.25, 0.3) is 5.57 Å². The highest BCUT2D eigenvalue weighted by Crippen LogP contribution is 2.22. The maximum atomic E-state index is 3.34. The average Bonchev–Trinajstić information content (AvgIpc) is 2.46. The molecule has 0 saturated carbocycles. The van der Waals surface area contributed by atoms with E-state index in [-0.39, 0.29) is 12.4 Å². The largest absolute Gasteiger partial charge is 0.314 e. The average molecular weight is 274 g/mol. The van der Waals surface area contributed by atoms with Gasteiger partial charge >= 0.3 is 0 Å². The lowest BCUT2D eigenvalue weighted by Crippen LogP contribution is -2.12. The van der Waals surface area contributed by atoms with Gasteiger partial charge in [-0.1, -0.05) is 73.7 Å². The summed E-state index contributed by atoms with van der Waals surface area (Å²) >= 11 is 0. The Morgan fingerprint density at radius 1 is 0.895 bits per heavy atom. The Labute approximate surface area is 121 Å². The van der Waals surface area contributed by atoms with E-state index in [2.05, 4.69) is 79.0 Å². The highest BCUT2D eigenvalue weighted by molar-refractivity contribution is 5.85. The summed E-state index contributed by atoms with van der Waals surface area (Å²) in [5, 5.41) is 3.34. The van der Waals surface area contributed by atoms with Crippen LogP contribution in [0.1, 0.15) is 18.1 Å². The van der Waals surface area contributed by atoms with Gasteiger partial charge in [-0.15, -0.1) is 12.4 Å². The van der Waals surface area contributed by atoms with Gasteiger partial charge < -0.3 is 5.32 Å². The van der Waals surface area contributed by atoms with Crippen molar-refractivity contribution in [2.24, 2.45) is 0 Å². The molecule has 19 heavy (non-hydrogen) atoms. The van der Waals surface area contributed by atoms with Crippen LogP contribution in [0.2, 0.25) is 0 Å². The fourth-order valence-corrected chi connectivity index (χ4v) is 1.96. The third-order valence-corrected chi connectivity index (χ3v) is 2.87. The molecule has 0 aromatic heterocycles. The van der Waals surface area contributed by atoms with E-state index in [1.807, 2.05) is 0 Å². The van der Waals surface area contributed by atoms with Crippen molar-refractivity contribution in [1.82, 2.24) is 5.32 Å². The Balaban J connectivity index is 0.00000180. The van der Waals surface area contributed by atoms with Gasteiger partial charge in [0, 0.05) is 6.54 Å². The summed E-state index contributed by atoms with van der Waals surface area (Å²) in [6.07, 6.45) is 2.26. The van der Waals surface area contributed by atoms with Gasteiger partial charge in [-0.25, -0.2) is 0 Å². The quantitative estimate of drug-likeness (QED) is 0.807. The van der Waals surface area contributed by atoms with Crippen molar-refractivity contribution >= 4 is 18.0 Å². The van der Waals surface area contributed by atoms with Gasteiger partial charge in [0.1, 0.15) is 0 Å². The first-order valence-corrected chi connectivity index (χ1v) is 6.43. The predicted molar refractivity (Wildman–Crippen MR) is 85.8 cm³/mol. The van der Waals surface area contributed by atoms with E-state index in [0.29, 0.717) is 0 Å². The van der Waals surface area contributed by atoms with Gasteiger partial charge in [-0.05, 0) is 23.2 Å². The van der Waals surface area contributed by atoms with Gasteiger partial charge in [0.05, 0.1) is 0 Å². The molecule has 2 rings (SSSR count). The van der Waals surface area contributed by atoms with E-state index >= 15 is 0 Å². The third-order valence-electron chi connectivity index (χ3n) is 2.87. The normalized spacial score (nSPS) is 9.53. The first-order valence-electron chi connectivity index (χ1n) is 6.43. The lowest BCUT2D eigenvalue weighted by Gasteiger charge is -2.09. The van der Waals surface area contributed by atoms with Crippen molar-refractivity contribution in [2.45, 2.75) is 6.92 Å². The number of hydrogen-bond donors (Lipinski definition) is 1. The molecular weight excluding hydrogens is 254 g/mol. The Hall–Kier alpha value is -1.57. The number of hydrogen-bond acceptors (Lipinski definition) is 1. The number of likely N-dealkylation sites (N-methyl/N-ethyl adjacent to an activating group) is 1. The van der Waals surface area contributed by atoms with Crippen LogP contribution in [0.15, 0.2) is 66.7 Å². The number of rotatable bonds is 5. The van der Waals surface area contributed by atoms with Gasteiger partial charge in [0.25, 0.3) is 0 Å². The Morgan fingerprint density at radius 2 is 1.37 bits per heavy atom. The number of benzene rings is 2. The molecule has 0 aliphatic rings. The maximum absolute atomic E-state index is 3.34. The molecule has 0 amide bonds. The van der Waals surface area contributed by atoms with Crippen LogP contribution in [-0.2, 0) is 0 Å². The second kappa shape index (κ2) is 8.52. The van der Waals surface area contributed by atoms with Crippen molar-refractivity contribution in [3.05, 3.63) is 77.9 Å². The number of nitrogens with one attached hydrogen (secondary N) is 1. The summed E-state index contributed by atoms with van der Waals surface area (Å²) < 4.78 is 0. The molecule has 2 aromatic rings. The molecule has 0 heterocycles. The summed E-state index contributed by atoms with van der Waals surface area (Å²) in [5.41, 5.74) is 3.82. The topological polar surface area (TPSA) is 12.0 Å². The molecule has 1 nitrogen and oxygen atoms in total. The zero-order valence-corrected chi connectivity index (χ0v) is 12.0. The zero-order chi connectivity index (χ0) is 12.6. The van der Waals surface area contributed by atoms with Crippen molar-refractivity contribution in [3.63, 3.8) is 0 Å². The maximum Gasteiger partial charge on any atom is 0.0144 e. The Bertz CT molecular complexity index is 450. The summed E-state index contributed by atoms with van der Waals surface area (Å²) in [7, 11) is 0. The molecule has 100 valence electrons. The van der Waals surface area contributed by atoms with Crippen LogP contribution in [0.3, 0.4) is 0 Å². The van der Waals surface area contributed by atoms with Gasteiger partial charge in [-0.2, -0.15) is 0 Å². The second-order valence-electron chi connectivity index (χ2n) is 4.16. The second-order valence-corrected chi connectivity index (χ2v) is 4.16. The fourth-order valence-electron chi connectivity index (χ4n) is 1.96. The first kappa shape index (κ1) is 15.5. The summed E-state index contributed by atoms with van der Waals surface area (Å²) in [6.45, 7) is 4.02. The van der Waals surface area contributed by atoms with Crippen molar-refractivity contribution in [2.75, 3.05) is 13.1 Å². The molecule has 2 heteroatoms. The third kappa shape index (κ3) is 4.55. The SMILES string of the molecule is CCNCC=C(c1ccccc1)c1ccccc1.Cl. The highest BCUT2D eigenvalue weighted by Gasteiger charge is 2.02. The molecule has 2 aromatic carbocycles. The highest BCUT2D eigenvalue weighted by atomic mass is 35.5.